The lowest BCUT2D eigenvalue weighted by Crippen LogP contribution is -2.43. The van der Waals surface area contributed by atoms with Crippen LogP contribution in [0, 0.1) is 23.0 Å². The van der Waals surface area contributed by atoms with Crippen molar-refractivity contribution in [1.29, 1.82) is 5.26 Å². The molecule has 1 heterocycles. The Balaban J connectivity index is 2.17. The summed E-state index contributed by atoms with van der Waals surface area (Å²) in [6, 6.07) is 3.68. The first-order chi connectivity index (χ1) is 10.5. The molecule has 0 saturated carbocycles. The fourth-order valence-electron chi connectivity index (χ4n) is 2.38. The molecule has 0 unspecified atom stereocenters. The number of nitriles is 1. The topological polar surface area (TPSA) is 53.3 Å². The van der Waals surface area contributed by atoms with Crippen molar-refractivity contribution in [3.63, 3.8) is 0 Å². The molecule has 0 N–H and O–H groups in total. The van der Waals surface area contributed by atoms with Crippen molar-refractivity contribution in [2.24, 2.45) is 0 Å². The minimum atomic E-state index is -0.730. The minimum Gasteiger partial charge on any atom is -0.469 e. The minimum absolute atomic E-state index is 0.0425. The Hall–Kier alpha value is -1.65. The number of thioether (sulfide) groups is 1. The van der Waals surface area contributed by atoms with Crippen molar-refractivity contribution < 1.29 is 18.3 Å². The van der Waals surface area contributed by atoms with Gasteiger partial charge in [-0.05, 0) is 12.1 Å². The Morgan fingerprint density at radius 3 is 2.77 bits per heavy atom. The van der Waals surface area contributed by atoms with Gasteiger partial charge in [0.05, 0.1) is 25.2 Å². The third-order valence-corrected chi connectivity index (χ3v) is 4.70. The van der Waals surface area contributed by atoms with Crippen LogP contribution < -0.4 is 0 Å². The SMILES string of the molecule is COC(=O)C[C@@H]1CSCCN1Cc1c(F)cc(C#N)cc1F. The van der Waals surface area contributed by atoms with Crippen molar-refractivity contribution in [1.82, 2.24) is 4.90 Å². The summed E-state index contributed by atoms with van der Waals surface area (Å²) >= 11 is 1.70. The van der Waals surface area contributed by atoms with Crippen LogP contribution in [0.3, 0.4) is 0 Å². The maximum Gasteiger partial charge on any atom is 0.307 e. The zero-order valence-electron chi connectivity index (χ0n) is 12.1. The van der Waals surface area contributed by atoms with Gasteiger partial charge in [0.1, 0.15) is 11.6 Å². The van der Waals surface area contributed by atoms with Gasteiger partial charge >= 0.3 is 5.97 Å². The Morgan fingerprint density at radius 1 is 1.50 bits per heavy atom. The van der Waals surface area contributed by atoms with Crippen LogP contribution in [0.4, 0.5) is 8.78 Å². The molecule has 1 fully saturated rings. The molecule has 0 radical (unpaired) electrons. The first-order valence-electron chi connectivity index (χ1n) is 6.81. The molecule has 1 aliphatic heterocycles. The highest BCUT2D eigenvalue weighted by atomic mass is 32.2. The van der Waals surface area contributed by atoms with Gasteiger partial charge in [0.2, 0.25) is 0 Å². The summed E-state index contributed by atoms with van der Waals surface area (Å²) in [5, 5.41) is 8.72. The molecular weight excluding hydrogens is 310 g/mol. The average Bonchev–Trinajstić information content (AvgIpc) is 2.51. The number of carbonyl (C=O) groups excluding carboxylic acids is 1. The van der Waals surface area contributed by atoms with Crippen LogP contribution in [0.1, 0.15) is 17.5 Å². The number of hydrogen-bond donors (Lipinski definition) is 0. The number of halogens is 2. The highest BCUT2D eigenvalue weighted by Crippen LogP contribution is 2.24. The highest BCUT2D eigenvalue weighted by Gasteiger charge is 2.27. The van der Waals surface area contributed by atoms with E-state index in [0.717, 1.165) is 17.9 Å². The standard InChI is InChI=1S/C15H16F2N2O2S/c1-21-15(20)6-11-9-22-3-2-19(11)8-12-13(16)4-10(7-18)5-14(12)17/h4-5,11H,2-3,6,8-9H2,1H3/t11-/m1/s1. The van der Waals surface area contributed by atoms with Gasteiger partial charge in [-0.15, -0.1) is 0 Å². The number of carbonyl (C=O) groups is 1. The van der Waals surface area contributed by atoms with Gasteiger partial charge in [-0.1, -0.05) is 0 Å². The van der Waals surface area contributed by atoms with E-state index in [9.17, 15) is 13.6 Å². The summed E-state index contributed by atoms with van der Waals surface area (Å²) in [5.41, 5.74) is -0.111. The van der Waals surface area contributed by atoms with Gasteiger partial charge in [0, 0.05) is 36.2 Å². The van der Waals surface area contributed by atoms with Crippen molar-refractivity contribution in [3.8, 4) is 6.07 Å². The van der Waals surface area contributed by atoms with Crippen molar-refractivity contribution in [3.05, 3.63) is 34.9 Å². The molecule has 7 heteroatoms. The molecule has 2 rings (SSSR count). The third kappa shape index (κ3) is 3.96. The monoisotopic (exact) mass is 326 g/mol. The van der Waals surface area contributed by atoms with E-state index in [1.54, 1.807) is 17.8 Å². The second kappa shape index (κ2) is 7.56. The number of rotatable bonds is 4. The van der Waals surface area contributed by atoms with E-state index in [2.05, 4.69) is 4.74 Å². The molecule has 22 heavy (non-hydrogen) atoms. The van der Waals surface area contributed by atoms with Gasteiger partial charge in [-0.2, -0.15) is 17.0 Å². The molecule has 0 amide bonds. The predicted octanol–water partition coefficient (Wildman–Crippen LogP) is 2.32. The second-order valence-electron chi connectivity index (χ2n) is 5.01. The number of hydrogen-bond acceptors (Lipinski definition) is 5. The molecule has 118 valence electrons. The van der Waals surface area contributed by atoms with Gasteiger partial charge in [0.25, 0.3) is 0 Å². The van der Waals surface area contributed by atoms with Crippen LogP contribution >= 0.6 is 11.8 Å². The van der Waals surface area contributed by atoms with Crippen molar-refractivity contribution in [2.75, 3.05) is 25.2 Å². The van der Waals surface area contributed by atoms with Crippen LogP contribution in [0.25, 0.3) is 0 Å². The lowest BCUT2D eigenvalue weighted by atomic mass is 10.1. The lowest BCUT2D eigenvalue weighted by Gasteiger charge is -2.34. The number of nitrogens with zero attached hydrogens (tertiary/aromatic N) is 2. The number of methoxy groups -OCH3 is 1. The van der Waals surface area contributed by atoms with Crippen LogP contribution in [-0.2, 0) is 16.1 Å². The molecule has 1 aromatic rings. The fourth-order valence-corrected chi connectivity index (χ4v) is 3.51. The Labute approximate surface area is 132 Å². The Morgan fingerprint density at radius 2 is 2.18 bits per heavy atom. The predicted molar refractivity (Wildman–Crippen MR) is 79.2 cm³/mol. The van der Waals surface area contributed by atoms with E-state index in [0.29, 0.717) is 12.3 Å². The molecule has 0 aromatic heterocycles. The van der Waals surface area contributed by atoms with Crippen LogP contribution in [0.15, 0.2) is 12.1 Å². The second-order valence-corrected chi connectivity index (χ2v) is 6.16. The van der Waals surface area contributed by atoms with E-state index in [-0.39, 0.29) is 36.1 Å². The van der Waals surface area contributed by atoms with Crippen molar-refractivity contribution >= 4 is 17.7 Å². The summed E-state index contributed by atoms with van der Waals surface area (Å²) < 4.78 is 32.7. The number of esters is 1. The summed E-state index contributed by atoms with van der Waals surface area (Å²) in [7, 11) is 1.32. The van der Waals surface area contributed by atoms with E-state index in [4.69, 9.17) is 5.26 Å². The van der Waals surface area contributed by atoms with E-state index >= 15 is 0 Å². The first-order valence-corrected chi connectivity index (χ1v) is 7.97. The maximum absolute atomic E-state index is 14.0. The number of ether oxygens (including phenoxy) is 1. The molecule has 1 atom stereocenters. The molecule has 0 bridgehead atoms. The summed E-state index contributed by atoms with van der Waals surface area (Å²) in [4.78, 5) is 13.3. The third-order valence-electron chi connectivity index (χ3n) is 3.61. The Kier molecular flexibility index (Phi) is 5.75. The van der Waals surface area contributed by atoms with E-state index in [1.807, 2.05) is 4.90 Å². The summed E-state index contributed by atoms with van der Waals surface area (Å²) in [6.45, 7) is 0.719. The first kappa shape index (κ1) is 16.7. The van der Waals surface area contributed by atoms with Gasteiger partial charge in [-0.3, -0.25) is 9.69 Å². The average molecular weight is 326 g/mol. The van der Waals surface area contributed by atoms with Gasteiger partial charge < -0.3 is 4.74 Å². The molecule has 1 aliphatic rings. The van der Waals surface area contributed by atoms with Gasteiger partial charge in [0.15, 0.2) is 0 Å². The smallest absolute Gasteiger partial charge is 0.307 e. The maximum atomic E-state index is 14.0. The number of benzene rings is 1. The van der Waals surface area contributed by atoms with Crippen LogP contribution in [0.5, 0.6) is 0 Å². The summed E-state index contributed by atoms with van der Waals surface area (Å²) in [5.74, 6) is -0.234. The normalized spacial score (nSPS) is 18.7. The molecule has 0 aliphatic carbocycles. The molecular formula is C15H16F2N2O2S. The molecule has 0 spiro atoms. The zero-order valence-corrected chi connectivity index (χ0v) is 13.0. The quantitative estimate of drug-likeness (QED) is 0.795. The van der Waals surface area contributed by atoms with E-state index in [1.165, 1.54) is 7.11 Å². The molecule has 4 nitrogen and oxygen atoms in total. The van der Waals surface area contributed by atoms with Crippen LogP contribution in [0.2, 0.25) is 0 Å². The highest BCUT2D eigenvalue weighted by molar-refractivity contribution is 7.99. The van der Waals surface area contributed by atoms with Crippen LogP contribution in [-0.4, -0.2) is 42.1 Å². The largest absolute Gasteiger partial charge is 0.469 e. The van der Waals surface area contributed by atoms with Gasteiger partial charge in [-0.25, -0.2) is 8.78 Å². The lowest BCUT2D eigenvalue weighted by molar-refractivity contribution is -0.141. The fraction of sp³-hybridized carbons (Fsp3) is 0.467. The zero-order chi connectivity index (χ0) is 16.1. The van der Waals surface area contributed by atoms with E-state index < -0.39 is 11.6 Å². The molecule has 1 aromatic carbocycles. The summed E-state index contributed by atoms with van der Waals surface area (Å²) in [6.07, 6.45) is 0.197. The molecule has 1 saturated heterocycles. The Bertz CT molecular complexity index is 581. The van der Waals surface area contributed by atoms with Crippen molar-refractivity contribution in [2.45, 2.75) is 19.0 Å².